The Hall–Kier alpha value is -1.91. The van der Waals surface area contributed by atoms with Gasteiger partial charge in [0.05, 0.1) is 12.2 Å². The molecule has 0 fully saturated rings. The number of halogens is 2. The molecule has 5 heteroatoms. The molecule has 2 aromatic carbocycles. The van der Waals surface area contributed by atoms with E-state index in [4.69, 9.17) is 11.6 Å². The SMILES string of the molecule is CN(CC(=O)Nc1cc(Cl)ccc1F)Cc1ccccc1. The minimum absolute atomic E-state index is 0.0978. The van der Waals surface area contributed by atoms with Gasteiger partial charge in [0.1, 0.15) is 5.82 Å². The van der Waals surface area contributed by atoms with E-state index in [9.17, 15) is 9.18 Å². The molecular formula is C16H16ClFN2O. The topological polar surface area (TPSA) is 32.3 Å². The summed E-state index contributed by atoms with van der Waals surface area (Å²) in [6.45, 7) is 0.813. The quantitative estimate of drug-likeness (QED) is 0.916. The van der Waals surface area contributed by atoms with Gasteiger partial charge in [-0.15, -0.1) is 0 Å². The molecule has 0 saturated carbocycles. The lowest BCUT2D eigenvalue weighted by Crippen LogP contribution is -2.30. The van der Waals surface area contributed by atoms with Crippen LogP contribution in [0.15, 0.2) is 48.5 Å². The standard InChI is InChI=1S/C16H16ClFN2O/c1-20(10-12-5-3-2-4-6-12)11-16(21)19-15-9-13(17)7-8-14(15)18/h2-9H,10-11H2,1H3,(H,19,21). The molecule has 0 aromatic heterocycles. The third kappa shape index (κ3) is 4.85. The average molecular weight is 307 g/mol. The normalized spacial score (nSPS) is 10.7. The van der Waals surface area contributed by atoms with Gasteiger partial charge in [-0.3, -0.25) is 9.69 Å². The molecule has 1 amide bonds. The van der Waals surface area contributed by atoms with E-state index in [0.29, 0.717) is 11.6 Å². The summed E-state index contributed by atoms with van der Waals surface area (Å²) < 4.78 is 13.5. The second-order valence-corrected chi connectivity index (χ2v) is 5.27. The van der Waals surface area contributed by atoms with Gasteiger partial charge in [-0.2, -0.15) is 0 Å². The van der Waals surface area contributed by atoms with Crippen molar-refractivity contribution >= 4 is 23.2 Å². The van der Waals surface area contributed by atoms with E-state index in [1.807, 2.05) is 42.3 Å². The number of hydrogen-bond donors (Lipinski definition) is 1. The number of rotatable bonds is 5. The molecule has 0 radical (unpaired) electrons. The predicted octanol–water partition coefficient (Wildman–Crippen LogP) is 3.55. The summed E-state index contributed by atoms with van der Waals surface area (Å²) in [6, 6.07) is 13.9. The van der Waals surface area contributed by atoms with Gasteiger partial charge in [0.15, 0.2) is 0 Å². The number of amides is 1. The van der Waals surface area contributed by atoms with Crippen LogP contribution in [0.2, 0.25) is 5.02 Å². The number of anilines is 1. The highest BCUT2D eigenvalue weighted by molar-refractivity contribution is 6.30. The maximum Gasteiger partial charge on any atom is 0.238 e. The first kappa shape index (κ1) is 15.5. The van der Waals surface area contributed by atoms with Crippen molar-refractivity contribution in [3.05, 3.63) is 64.9 Å². The van der Waals surface area contributed by atoms with Crippen LogP contribution in [-0.4, -0.2) is 24.4 Å². The molecule has 0 unspecified atom stereocenters. The van der Waals surface area contributed by atoms with Gasteiger partial charge in [0.2, 0.25) is 5.91 Å². The van der Waals surface area contributed by atoms with E-state index in [0.717, 1.165) is 5.56 Å². The van der Waals surface area contributed by atoms with Gasteiger partial charge in [0, 0.05) is 11.6 Å². The Morgan fingerprint density at radius 1 is 1.24 bits per heavy atom. The molecule has 1 N–H and O–H groups in total. The second kappa shape index (κ2) is 7.20. The third-order valence-corrected chi connectivity index (χ3v) is 3.15. The molecular weight excluding hydrogens is 291 g/mol. The number of nitrogens with zero attached hydrogens (tertiary/aromatic N) is 1. The van der Waals surface area contributed by atoms with Crippen molar-refractivity contribution in [2.45, 2.75) is 6.54 Å². The molecule has 0 spiro atoms. The molecule has 21 heavy (non-hydrogen) atoms. The predicted molar refractivity (Wildman–Crippen MR) is 82.8 cm³/mol. The van der Waals surface area contributed by atoms with Crippen molar-refractivity contribution < 1.29 is 9.18 Å². The minimum Gasteiger partial charge on any atom is -0.322 e. The lowest BCUT2D eigenvalue weighted by Gasteiger charge is -2.16. The summed E-state index contributed by atoms with van der Waals surface area (Å²) in [6.07, 6.45) is 0. The Morgan fingerprint density at radius 3 is 2.67 bits per heavy atom. The lowest BCUT2D eigenvalue weighted by molar-refractivity contribution is -0.117. The van der Waals surface area contributed by atoms with Crippen LogP contribution in [0.4, 0.5) is 10.1 Å². The maximum absolute atomic E-state index is 13.5. The molecule has 0 bridgehead atoms. The molecule has 110 valence electrons. The van der Waals surface area contributed by atoms with Crippen LogP contribution in [0.25, 0.3) is 0 Å². The van der Waals surface area contributed by atoms with Crippen molar-refractivity contribution in [1.82, 2.24) is 4.90 Å². The summed E-state index contributed by atoms with van der Waals surface area (Å²) in [5, 5.41) is 2.91. The summed E-state index contributed by atoms with van der Waals surface area (Å²) >= 11 is 5.78. The summed E-state index contributed by atoms with van der Waals surface area (Å²) in [5.41, 5.74) is 1.21. The maximum atomic E-state index is 13.5. The molecule has 2 rings (SSSR count). The highest BCUT2D eigenvalue weighted by Crippen LogP contribution is 2.19. The molecule has 0 saturated heterocycles. The van der Waals surface area contributed by atoms with Crippen LogP contribution in [0.1, 0.15) is 5.56 Å². The van der Waals surface area contributed by atoms with E-state index in [1.165, 1.54) is 18.2 Å². The molecule has 0 heterocycles. The molecule has 0 atom stereocenters. The van der Waals surface area contributed by atoms with Crippen molar-refractivity contribution in [2.75, 3.05) is 18.9 Å². The van der Waals surface area contributed by atoms with Gasteiger partial charge in [-0.25, -0.2) is 4.39 Å². The zero-order valence-corrected chi connectivity index (χ0v) is 12.4. The fourth-order valence-electron chi connectivity index (χ4n) is 1.98. The van der Waals surface area contributed by atoms with E-state index >= 15 is 0 Å². The van der Waals surface area contributed by atoms with Gasteiger partial charge >= 0.3 is 0 Å². The van der Waals surface area contributed by atoms with Crippen LogP contribution in [0.5, 0.6) is 0 Å². The van der Waals surface area contributed by atoms with Crippen LogP contribution in [-0.2, 0) is 11.3 Å². The Kier molecular flexibility index (Phi) is 5.31. The summed E-state index contributed by atoms with van der Waals surface area (Å²) in [7, 11) is 1.83. The van der Waals surface area contributed by atoms with Crippen molar-refractivity contribution in [3.63, 3.8) is 0 Å². The second-order valence-electron chi connectivity index (χ2n) is 4.83. The highest BCUT2D eigenvalue weighted by atomic mass is 35.5. The number of hydrogen-bond acceptors (Lipinski definition) is 2. The van der Waals surface area contributed by atoms with Gasteiger partial charge in [-0.1, -0.05) is 41.9 Å². The Morgan fingerprint density at radius 2 is 1.95 bits per heavy atom. The first-order valence-corrected chi connectivity index (χ1v) is 6.90. The molecule has 0 aliphatic heterocycles. The van der Waals surface area contributed by atoms with Crippen LogP contribution in [0, 0.1) is 5.82 Å². The van der Waals surface area contributed by atoms with E-state index < -0.39 is 5.82 Å². The van der Waals surface area contributed by atoms with Gasteiger partial charge in [0.25, 0.3) is 0 Å². The number of carbonyl (C=O) groups is 1. The van der Waals surface area contributed by atoms with Crippen LogP contribution < -0.4 is 5.32 Å². The Balaban J connectivity index is 1.91. The fourth-order valence-corrected chi connectivity index (χ4v) is 2.15. The molecule has 0 aliphatic carbocycles. The number of likely N-dealkylation sites (N-methyl/N-ethyl adjacent to an activating group) is 1. The van der Waals surface area contributed by atoms with Crippen LogP contribution in [0.3, 0.4) is 0 Å². The first-order valence-electron chi connectivity index (χ1n) is 6.52. The van der Waals surface area contributed by atoms with E-state index in [2.05, 4.69) is 5.32 Å². The van der Waals surface area contributed by atoms with Crippen molar-refractivity contribution in [2.24, 2.45) is 0 Å². The Labute approximate surface area is 128 Å². The number of benzene rings is 2. The van der Waals surface area contributed by atoms with Crippen LogP contribution >= 0.6 is 11.6 Å². The van der Waals surface area contributed by atoms with Gasteiger partial charge in [-0.05, 0) is 30.8 Å². The zero-order chi connectivity index (χ0) is 15.2. The summed E-state index contributed by atoms with van der Waals surface area (Å²) in [4.78, 5) is 13.8. The third-order valence-electron chi connectivity index (χ3n) is 2.91. The highest BCUT2D eigenvalue weighted by Gasteiger charge is 2.10. The lowest BCUT2D eigenvalue weighted by atomic mass is 10.2. The van der Waals surface area contributed by atoms with Gasteiger partial charge < -0.3 is 5.32 Å². The minimum atomic E-state index is -0.501. The zero-order valence-electron chi connectivity index (χ0n) is 11.6. The number of carbonyl (C=O) groups excluding carboxylic acids is 1. The first-order chi connectivity index (χ1) is 10.0. The summed E-state index contributed by atoms with van der Waals surface area (Å²) in [5.74, 6) is -0.784. The smallest absolute Gasteiger partial charge is 0.238 e. The van der Waals surface area contributed by atoms with E-state index in [-0.39, 0.29) is 18.1 Å². The largest absolute Gasteiger partial charge is 0.322 e. The molecule has 0 aliphatic rings. The average Bonchev–Trinajstić information content (AvgIpc) is 2.43. The monoisotopic (exact) mass is 306 g/mol. The van der Waals surface area contributed by atoms with Crippen molar-refractivity contribution in [1.29, 1.82) is 0 Å². The van der Waals surface area contributed by atoms with E-state index in [1.54, 1.807) is 0 Å². The molecule has 2 aromatic rings. The van der Waals surface area contributed by atoms with Crippen molar-refractivity contribution in [3.8, 4) is 0 Å². The Bertz CT molecular complexity index is 619. The number of nitrogens with one attached hydrogen (secondary N) is 1. The fraction of sp³-hybridized carbons (Fsp3) is 0.188. The molecule has 3 nitrogen and oxygen atoms in total.